The largest absolute Gasteiger partial charge is 0.452 e. The molecule has 2 aliphatic heterocycles. The van der Waals surface area contributed by atoms with Crippen LogP contribution in [0, 0.1) is 16.0 Å². The Morgan fingerprint density at radius 3 is 2.71 bits per heavy atom. The Morgan fingerprint density at radius 1 is 1.29 bits per heavy atom. The lowest BCUT2D eigenvalue weighted by atomic mass is 9.99. The molecular weight excluding hydrogens is 366 g/mol. The minimum Gasteiger partial charge on any atom is -0.452 e. The number of hydrogen-bond acceptors (Lipinski definition) is 7. The number of nitro benzene ring substituents is 1. The van der Waals surface area contributed by atoms with Gasteiger partial charge in [0.1, 0.15) is 5.69 Å². The highest BCUT2D eigenvalue weighted by atomic mass is 16.6. The number of nitrogens with zero attached hydrogens (tertiary/aromatic N) is 3. The van der Waals surface area contributed by atoms with E-state index in [-0.39, 0.29) is 17.2 Å². The van der Waals surface area contributed by atoms with E-state index in [4.69, 9.17) is 9.47 Å². The van der Waals surface area contributed by atoms with Crippen LogP contribution in [-0.2, 0) is 14.3 Å². The van der Waals surface area contributed by atoms with Gasteiger partial charge >= 0.3 is 5.97 Å². The second-order valence-electron chi connectivity index (χ2n) is 7.22. The second kappa shape index (κ2) is 9.01. The lowest BCUT2D eigenvalue weighted by Crippen LogP contribution is -2.42. The molecule has 1 aromatic rings. The van der Waals surface area contributed by atoms with Crippen LogP contribution >= 0.6 is 0 Å². The summed E-state index contributed by atoms with van der Waals surface area (Å²) in [6.07, 6.45) is 2.08. The molecule has 0 radical (unpaired) electrons. The van der Waals surface area contributed by atoms with E-state index in [0.29, 0.717) is 37.9 Å². The Kier molecular flexibility index (Phi) is 6.45. The molecule has 9 nitrogen and oxygen atoms in total. The fourth-order valence-corrected chi connectivity index (χ4v) is 3.59. The molecule has 1 aromatic carbocycles. The van der Waals surface area contributed by atoms with Crippen LogP contribution in [0.15, 0.2) is 18.2 Å². The van der Waals surface area contributed by atoms with Gasteiger partial charge in [-0.3, -0.25) is 14.9 Å². The molecule has 3 rings (SSSR count). The number of hydrogen-bond donors (Lipinski definition) is 0. The van der Waals surface area contributed by atoms with Gasteiger partial charge in [0.05, 0.1) is 23.7 Å². The highest BCUT2D eigenvalue weighted by molar-refractivity contribution is 5.93. The van der Waals surface area contributed by atoms with E-state index in [0.717, 1.165) is 25.9 Å². The number of rotatable bonds is 5. The van der Waals surface area contributed by atoms with Crippen LogP contribution in [0.1, 0.15) is 30.1 Å². The number of carbonyl (C=O) groups is 2. The van der Waals surface area contributed by atoms with Crippen molar-refractivity contribution in [2.24, 2.45) is 5.92 Å². The first-order valence-corrected chi connectivity index (χ1v) is 9.51. The van der Waals surface area contributed by atoms with Crippen molar-refractivity contribution in [3.05, 3.63) is 33.9 Å². The predicted octanol–water partition coefficient (Wildman–Crippen LogP) is 1.85. The summed E-state index contributed by atoms with van der Waals surface area (Å²) in [4.78, 5) is 39.0. The first-order valence-electron chi connectivity index (χ1n) is 9.51. The standard InChI is InChI=1S/C19H25N3O6/c1-14-3-2-6-21(12-14)16-5-4-15(11-17(16)22(25)26)19(24)28-13-18(23)20-7-9-27-10-8-20/h4-5,11,14H,2-3,6-10,12-13H2,1H3/t14-/m0/s1. The lowest BCUT2D eigenvalue weighted by Gasteiger charge is -2.32. The molecule has 28 heavy (non-hydrogen) atoms. The molecule has 1 atom stereocenters. The Hall–Kier alpha value is -2.68. The minimum absolute atomic E-state index is 0.0651. The summed E-state index contributed by atoms with van der Waals surface area (Å²) in [6.45, 7) is 5.08. The molecule has 0 aliphatic carbocycles. The van der Waals surface area contributed by atoms with E-state index >= 15 is 0 Å². The predicted molar refractivity (Wildman–Crippen MR) is 101 cm³/mol. The van der Waals surface area contributed by atoms with E-state index < -0.39 is 17.5 Å². The third-order valence-electron chi connectivity index (χ3n) is 5.10. The van der Waals surface area contributed by atoms with Crippen molar-refractivity contribution in [1.29, 1.82) is 0 Å². The molecule has 152 valence electrons. The van der Waals surface area contributed by atoms with E-state index in [2.05, 4.69) is 6.92 Å². The molecule has 2 heterocycles. The van der Waals surface area contributed by atoms with Crippen LogP contribution in [0.2, 0.25) is 0 Å². The van der Waals surface area contributed by atoms with E-state index in [1.807, 2.05) is 4.90 Å². The van der Waals surface area contributed by atoms with Crippen molar-refractivity contribution in [3.8, 4) is 0 Å². The normalized spacial score (nSPS) is 20.0. The molecule has 0 unspecified atom stereocenters. The maximum absolute atomic E-state index is 12.3. The van der Waals surface area contributed by atoms with Crippen LogP contribution < -0.4 is 4.90 Å². The van der Waals surface area contributed by atoms with Crippen LogP contribution in [0.5, 0.6) is 0 Å². The van der Waals surface area contributed by atoms with Gasteiger partial charge < -0.3 is 19.3 Å². The molecule has 1 amide bonds. The Morgan fingerprint density at radius 2 is 2.04 bits per heavy atom. The molecule has 0 saturated carbocycles. The second-order valence-corrected chi connectivity index (χ2v) is 7.22. The SMILES string of the molecule is C[C@H]1CCCN(c2ccc(C(=O)OCC(=O)N3CCOCC3)cc2[N+](=O)[O-])C1. The summed E-state index contributed by atoms with van der Waals surface area (Å²) in [5, 5.41) is 11.5. The van der Waals surface area contributed by atoms with Gasteiger partial charge in [0.2, 0.25) is 0 Å². The van der Waals surface area contributed by atoms with Crippen molar-refractivity contribution in [2.45, 2.75) is 19.8 Å². The average molecular weight is 391 g/mol. The number of esters is 1. The van der Waals surface area contributed by atoms with Gasteiger partial charge in [0.15, 0.2) is 6.61 Å². The van der Waals surface area contributed by atoms with Gasteiger partial charge in [0.25, 0.3) is 11.6 Å². The molecule has 0 bridgehead atoms. The van der Waals surface area contributed by atoms with Crippen molar-refractivity contribution < 1.29 is 24.0 Å². The highest BCUT2D eigenvalue weighted by Gasteiger charge is 2.26. The number of piperidine rings is 1. The molecule has 2 aliphatic rings. The molecule has 0 N–H and O–H groups in total. The van der Waals surface area contributed by atoms with E-state index in [1.165, 1.54) is 12.1 Å². The maximum Gasteiger partial charge on any atom is 0.338 e. The molecule has 0 spiro atoms. The molecule has 2 saturated heterocycles. The molecule has 9 heteroatoms. The molecular formula is C19H25N3O6. The highest BCUT2D eigenvalue weighted by Crippen LogP contribution is 2.32. The average Bonchev–Trinajstić information content (AvgIpc) is 2.72. The number of carbonyl (C=O) groups excluding carboxylic acids is 2. The first kappa shape index (κ1) is 20.1. The van der Waals surface area contributed by atoms with Crippen LogP contribution in [-0.4, -0.2) is 67.7 Å². The lowest BCUT2D eigenvalue weighted by molar-refractivity contribution is -0.384. The molecule has 2 fully saturated rings. The van der Waals surface area contributed by atoms with Crippen molar-refractivity contribution in [1.82, 2.24) is 4.90 Å². The summed E-state index contributed by atoms with van der Waals surface area (Å²) >= 11 is 0. The summed E-state index contributed by atoms with van der Waals surface area (Å²) in [7, 11) is 0. The van der Waals surface area contributed by atoms with Crippen molar-refractivity contribution in [3.63, 3.8) is 0 Å². The third-order valence-corrected chi connectivity index (χ3v) is 5.10. The Balaban J connectivity index is 1.67. The van der Waals surface area contributed by atoms with E-state index in [1.54, 1.807) is 11.0 Å². The monoisotopic (exact) mass is 391 g/mol. The van der Waals surface area contributed by atoms with E-state index in [9.17, 15) is 19.7 Å². The van der Waals surface area contributed by atoms with Crippen molar-refractivity contribution in [2.75, 3.05) is 50.9 Å². The topological polar surface area (TPSA) is 102 Å². The van der Waals surface area contributed by atoms with Gasteiger partial charge in [-0.15, -0.1) is 0 Å². The van der Waals surface area contributed by atoms with Crippen LogP contribution in [0.25, 0.3) is 0 Å². The fourth-order valence-electron chi connectivity index (χ4n) is 3.59. The smallest absolute Gasteiger partial charge is 0.338 e. The number of amides is 1. The summed E-state index contributed by atoms with van der Waals surface area (Å²) < 4.78 is 10.3. The number of benzene rings is 1. The van der Waals surface area contributed by atoms with Gasteiger partial charge in [-0.1, -0.05) is 6.92 Å². The summed E-state index contributed by atoms with van der Waals surface area (Å²) in [5.74, 6) is -0.586. The minimum atomic E-state index is -0.747. The summed E-state index contributed by atoms with van der Waals surface area (Å²) in [5.41, 5.74) is 0.454. The van der Waals surface area contributed by atoms with Crippen LogP contribution in [0.3, 0.4) is 0 Å². The van der Waals surface area contributed by atoms with Gasteiger partial charge in [-0.05, 0) is 30.9 Å². The fraction of sp³-hybridized carbons (Fsp3) is 0.579. The number of morpholine rings is 1. The Labute approximate surface area is 163 Å². The quantitative estimate of drug-likeness (QED) is 0.429. The Bertz CT molecular complexity index is 747. The zero-order valence-corrected chi connectivity index (χ0v) is 16.0. The zero-order valence-electron chi connectivity index (χ0n) is 16.0. The maximum atomic E-state index is 12.3. The zero-order chi connectivity index (χ0) is 20.1. The number of nitro groups is 1. The summed E-state index contributed by atoms with van der Waals surface area (Å²) in [6, 6.07) is 4.34. The molecule has 0 aromatic heterocycles. The van der Waals surface area contributed by atoms with Gasteiger partial charge in [0, 0.05) is 32.2 Å². The third kappa shape index (κ3) is 4.78. The number of anilines is 1. The number of ether oxygens (including phenoxy) is 2. The van der Waals surface area contributed by atoms with Crippen LogP contribution in [0.4, 0.5) is 11.4 Å². The van der Waals surface area contributed by atoms with Crippen molar-refractivity contribution >= 4 is 23.3 Å². The van der Waals surface area contributed by atoms with Gasteiger partial charge in [-0.25, -0.2) is 4.79 Å². The first-order chi connectivity index (χ1) is 13.5. The van der Waals surface area contributed by atoms with Gasteiger partial charge in [-0.2, -0.15) is 0 Å².